The second-order valence-corrected chi connectivity index (χ2v) is 3.87. The van der Waals surface area contributed by atoms with Crippen LogP contribution in [0.15, 0.2) is 11.7 Å². The molecule has 0 fully saturated rings. The molecule has 0 saturated heterocycles. The zero-order valence-electron chi connectivity index (χ0n) is 7.77. The highest BCUT2D eigenvalue weighted by Gasteiger charge is 2.06. The number of aliphatic hydroxyl groups excluding tert-OH is 1. The van der Waals surface area contributed by atoms with E-state index in [1.165, 1.54) is 0 Å². The first-order valence-corrected chi connectivity index (χ1v) is 5.34. The molecule has 0 amide bonds. The van der Waals surface area contributed by atoms with Crippen LogP contribution in [-0.4, -0.2) is 29.4 Å². The average molecular weight is 201 g/mol. The molecule has 13 heavy (non-hydrogen) atoms. The summed E-state index contributed by atoms with van der Waals surface area (Å²) in [5.74, 6) is 0. The van der Waals surface area contributed by atoms with Crippen molar-refractivity contribution in [1.29, 1.82) is 0 Å². The van der Waals surface area contributed by atoms with Gasteiger partial charge in [-0.05, 0) is 6.42 Å². The lowest BCUT2D eigenvalue weighted by Crippen LogP contribution is -2.17. The van der Waals surface area contributed by atoms with Gasteiger partial charge in [-0.1, -0.05) is 6.92 Å². The van der Waals surface area contributed by atoms with Crippen LogP contribution in [0.1, 0.15) is 18.2 Å². The van der Waals surface area contributed by atoms with E-state index in [-0.39, 0.29) is 0 Å². The van der Waals surface area contributed by atoms with Crippen molar-refractivity contribution in [2.24, 2.45) is 0 Å². The molecule has 0 aromatic carbocycles. The fraction of sp³-hybridized carbons (Fsp3) is 0.667. The van der Waals surface area contributed by atoms with Crippen molar-refractivity contribution < 1.29 is 9.84 Å². The van der Waals surface area contributed by atoms with Gasteiger partial charge in [-0.15, -0.1) is 11.3 Å². The van der Waals surface area contributed by atoms with Gasteiger partial charge in [0.25, 0.3) is 0 Å². The Morgan fingerprint density at radius 1 is 1.69 bits per heavy atom. The van der Waals surface area contributed by atoms with Gasteiger partial charge in [-0.25, -0.2) is 0 Å². The topological polar surface area (TPSA) is 42.4 Å². The molecular weight excluding hydrogens is 186 g/mol. The second-order valence-electron chi connectivity index (χ2n) is 2.90. The van der Waals surface area contributed by atoms with Crippen LogP contribution in [0.3, 0.4) is 0 Å². The van der Waals surface area contributed by atoms with Crippen LogP contribution in [0.2, 0.25) is 0 Å². The van der Waals surface area contributed by atoms with Crippen molar-refractivity contribution in [3.63, 3.8) is 0 Å². The van der Waals surface area contributed by atoms with Gasteiger partial charge in [0.05, 0.1) is 18.2 Å². The minimum atomic E-state index is -0.396. The van der Waals surface area contributed by atoms with E-state index in [1.807, 2.05) is 0 Å². The lowest BCUT2D eigenvalue weighted by molar-refractivity contribution is 0.0378. The first kappa shape index (κ1) is 10.6. The number of aromatic nitrogens is 1. The molecule has 74 valence electrons. The van der Waals surface area contributed by atoms with Crippen molar-refractivity contribution in [3.05, 3.63) is 16.6 Å². The normalized spacial score (nSPS) is 13.1. The quantitative estimate of drug-likeness (QED) is 0.709. The maximum Gasteiger partial charge on any atom is 0.0822 e. The van der Waals surface area contributed by atoms with Crippen LogP contribution < -0.4 is 0 Å². The van der Waals surface area contributed by atoms with E-state index < -0.39 is 6.10 Å². The van der Waals surface area contributed by atoms with E-state index in [1.54, 1.807) is 23.0 Å². The molecule has 0 aliphatic heterocycles. The summed E-state index contributed by atoms with van der Waals surface area (Å²) in [5.41, 5.74) is 1.77. The van der Waals surface area contributed by atoms with E-state index >= 15 is 0 Å². The minimum absolute atomic E-state index is 0.396. The number of aliphatic hydroxyl groups is 1. The number of hydrogen-bond donors (Lipinski definition) is 1. The van der Waals surface area contributed by atoms with Crippen molar-refractivity contribution in [3.8, 4) is 0 Å². The summed E-state index contributed by atoms with van der Waals surface area (Å²) in [6, 6.07) is 0. The van der Waals surface area contributed by atoms with Crippen molar-refractivity contribution in [1.82, 2.24) is 4.98 Å². The molecule has 0 bridgehead atoms. The summed E-state index contributed by atoms with van der Waals surface area (Å²) in [4.78, 5) is 5.04. The van der Waals surface area contributed by atoms with Crippen molar-refractivity contribution >= 4 is 11.3 Å². The van der Waals surface area contributed by atoms with Gasteiger partial charge in [0.2, 0.25) is 0 Å². The molecule has 1 atom stereocenters. The predicted octanol–water partition coefficient (Wildman–Crippen LogP) is 1.47. The van der Waals surface area contributed by atoms with Crippen LogP contribution in [0.5, 0.6) is 0 Å². The number of hydrogen-bond acceptors (Lipinski definition) is 4. The fourth-order valence-electron chi connectivity index (χ4n) is 0.998. The summed E-state index contributed by atoms with van der Waals surface area (Å²) >= 11 is 1.56. The third-order valence-corrected chi connectivity index (χ3v) is 2.38. The minimum Gasteiger partial charge on any atom is -0.390 e. The summed E-state index contributed by atoms with van der Waals surface area (Å²) in [6.07, 6.45) is 3.03. The molecule has 0 saturated carbocycles. The molecule has 1 heterocycles. The van der Waals surface area contributed by atoms with E-state index in [0.717, 1.165) is 17.9 Å². The van der Waals surface area contributed by atoms with Gasteiger partial charge in [0.1, 0.15) is 0 Å². The monoisotopic (exact) mass is 201 g/mol. The van der Waals surface area contributed by atoms with Gasteiger partial charge in [-0.3, -0.25) is 4.98 Å². The fourth-order valence-corrected chi connectivity index (χ4v) is 1.67. The molecule has 1 N–H and O–H groups in total. The van der Waals surface area contributed by atoms with Crippen LogP contribution in [-0.2, 0) is 11.2 Å². The third kappa shape index (κ3) is 4.36. The highest BCUT2D eigenvalue weighted by atomic mass is 32.1. The SMILES string of the molecule is CCCOCC(O)Cc1cncs1. The highest BCUT2D eigenvalue weighted by molar-refractivity contribution is 7.09. The Labute approximate surface area is 82.4 Å². The smallest absolute Gasteiger partial charge is 0.0822 e. The number of nitrogens with zero attached hydrogens (tertiary/aromatic N) is 1. The standard InChI is InChI=1S/C9H15NO2S/c1-2-3-12-6-8(11)4-9-5-10-7-13-9/h5,7-8,11H,2-4,6H2,1H3. The maximum atomic E-state index is 9.50. The number of thiazole rings is 1. The summed E-state index contributed by atoms with van der Waals surface area (Å²) in [7, 11) is 0. The van der Waals surface area contributed by atoms with Crippen molar-refractivity contribution in [2.75, 3.05) is 13.2 Å². The Morgan fingerprint density at radius 2 is 2.54 bits per heavy atom. The van der Waals surface area contributed by atoms with E-state index in [4.69, 9.17) is 4.74 Å². The van der Waals surface area contributed by atoms with E-state index in [9.17, 15) is 5.11 Å². The third-order valence-electron chi connectivity index (χ3n) is 1.58. The van der Waals surface area contributed by atoms with Crippen LogP contribution in [0.25, 0.3) is 0 Å². The molecule has 0 spiro atoms. The molecule has 4 heteroatoms. The lowest BCUT2D eigenvalue weighted by atomic mass is 10.2. The summed E-state index contributed by atoms with van der Waals surface area (Å²) in [5, 5.41) is 9.50. The van der Waals surface area contributed by atoms with Crippen LogP contribution >= 0.6 is 11.3 Å². The first-order valence-electron chi connectivity index (χ1n) is 4.46. The lowest BCUT2D eigenvalue weighted by Gasteiger charge is -2.08. The average Bonchev–Trinajstić information content (AvgIpc) is 2.57. The molecular formula is C9H15NO2S. The largest absolute Gasteiger partial charge is 0.390 e. The van der Waals surface area contributed by atoms with Crippen molar-refractivity contribution in [2.45, 2.75) is 25.9 Å². The van der Waals surface area contributed by atoms with Gasteiger partial charge in [-0.2, -0.15) is 0 Å². The van der Waals surface area contributed by atoms with Crippen LogP contribution in [0.4, 0.5) is 0 Å². The Hall–Kier alpha value is -0.450. The van der Waals surface area contributed by atoms with Gasteiger partial charge >= 0.3 is 0 Å². The molecule has 3 nitrogen and oxygen atoms in total. The molecule has 0 aliphatic carbocycles. The predicted molar refractivity (Wildman–Crippen MR) is 52.9 cm³/mol. The number of rotatable bonds is 6. The molecule has 1 aromatic heterocycles. The Bertz CT molecular complexity index is 213. The molecule has 1 unspecified atom stereocenters. The molecule has 1 aromatic rings. The molecule has 1 rings (SSSR count). The van der Waals surface area contributed by atoms with Gasteiger partial charge in [0, 0.05) is 24.1 Å². The van der Waals surface area contributed by atoms with Crippen LogP contribution in [0, 0.1) is 0 Å². The number of ether oxygens (including phenoxy) is 1. The summed E-state index contributed by atoms with van der Waals surface area (Å²) in [6.45, 7) is 3.20. The van der Waals surface area contributed by atoms with E-state index in [0.29, 0.717) is 13.0 Å². The van der Waals surface area contributed by atoms with E-state index in [2.05, 4.69) is 11.9 Å². The van der Waals surface area contributed by atoms with Gasteiger partial charge in [0.15, 0.2) is 0 Å². The highest BCUT2D eigenvalue weighted by Crippen LogP contribution is 2.08. The Morgan fingerprint density at radius 3 is 3.15 bits per heavy atom. The Balaban J connectivity index is 2.14. The maximum absolute atomic E-state index is 9.50. The Kier molecular flexibility index (Phi) is 4.97. The van der Waals surface area contributed by atoms with Gasteiger partial charge < -0.3 is 9.84 Å². The first-order chi connectivity index (χ1) is 6.33. The zero-order valence-corrected chi connectivity index (χ0v) is 8.59. The molecule has 0 radical (unpaired) electrons. The molecule has 0 aliphatic rings. The second kappa shape index (κ2) is 6.07. The zero-order chi connectivity index (χ0) is 9.52. The summed E-state index contributed by atoms with van der Waals surface area (Å²) < 4.78 is 5.23.